The smallest absolute Gasteiger partial charge is 0.0193 e. The van der Waals surface area contributed by atoms with E-state index in [-0.39, 0.29) is 0 Å². The Kier molecular flexibility index (Phi) is 6.13. The van der Waals surface area contributed by atoms with Crippen molar-refractivity contribution in [1.82, 2.24) is 0 Å². The van der Waals surface area contributed by atoms with E-state index in [4.69, 9.17) is 0 Å². The molecule has 0 aliphatic carbocycles. The average molecular weight is 186 g/mol. The molecule has 0 fully saturated rings. The van der Waals surface area contributed by atoms with Crippen molar-refractivity contribution < 1.29 is 0 Å². The van der Waals surface area contributed by atoms with Crippen LogP contribution < -0.4 is 0 Å². The van der Waals surface area contributed by atoms with Gasteiger partial charge in [0, 0.05) is 0 Å². The molecule has 0 saturated carbocycles. The summed E-state index contributed by atoms with van der Waals surface area (Å²) in [7, 11) is 0. The average Bonchev–Trinajstić information content (AvgIpc) is 2.22. The van der Waals surface area contributed by atoms with Gasteiger partial charge in [0.2, 0.25) is 0 Å². The van der Waals surface area contributed by atoms with Crippen molar-refractivity contribution in [3.8, 4) is 0 Å². The number of rotatable bonds is 5. The maximum Gasteiger partial charge on any atom is -0.0193 e. The van der Waals surface area contributed by atoms with Crippen LogP contribution in [-0.2, 0) is 0 Å². The number of hydrogen-bond acceptors (Lipinski definition) is 0. The van der Waals surface area contributed by atoms with Gasteiger partial charge in [-0.05, 0) is 25.0 Å². The summed E-state index contributed by atoms with van der Waals surface area (Å²) in [5, 5.41) is 0. The van der Waals surface area contributed by atoms with Crippen LogP contribution in [0.3, 0.4) is 0 Å². The van der Waals surface area contributed by atoms with Crippen LogP contribution in [0, 0.1) is 0 Å². The molecule has 0 heterocycles. The molecule has 74 valence electrons. The van der Waals surface area contributed by atoms with E-state index < -0.39 is 0 Å². The molecule has 0 radical (unpaired) electrons. The summed E-state index contributed by atoms with van der Waals surface area (Å²) in [5.41, 5.74) is 3.13. The molecule has 0 aromatic rings. The molecule has 0 nitrogen and oxygen atoms in total. The predicted molar refractivity (Wildman–Crippen MR) is 66.2 cm³/mol. The third-order valence-corrected chi connectivity index (χ3v) is 1.81. The van der Waals surface area contributed by atoms with Gasteiger partial charge in [-0.25, -0.2) is 0 Å². The van der Waals surface area contributed by atoms with Gasteiger partial charge in [0.05, 0.1) is 0 Å². The van der Waals surface area contributed by atoms with Gasteiger partial charge < -0.3 is 0 Å². The van der Waals surface area contributed by atoms with Crippen molar-refractivity contribution in [2.24, 2.45) is 0 Å². The number of hydrogen-bond donors (Lipinski definition) is 0. The molecule has 0 atom stereocenters. The lowest BCUT2D eigenvalue weighted by Gasteiger charge is -1.99. The van der Waals surface area contributed by atoms with Gasteiger partial charge in [-0.2, -0.15) is 0 Å². The molecule has 0 unspecified atom stereocenters. The summed E-state index contributed by atoms with van der Waals surface area (Å²) in [4.78, 5) is 0. The molecule has 0 aliphatic rings. The lowest BCUT2D eigenvalue weighted by molar-refractivity contribution is 1.50. The summed E-state index contributed by atoms with van der Waals surface area (Å²) in [5.74, 6) is 0. The molecular weight excluding hydrogens is 168 g/mol. The fourth-order valence-electron chi connectivity index (χ4n) is 0.856. The normalized spacial score (nSPS) is 13.0. The minimum Gasteiger partial charge on any atom is -0.0988 e. The van der Waals surface area contributed by atoms with Gasteiger partial charge in [0.1, 0.15) is 0 Å². The van der Waals surface area contributed by atoms with Gasteiger partial charge >= 0.3 is 0 Å². The zero-order valence-electron chi connectivity index (χ0n) is 9.09. The fourth-order valence-corrected chi connectivity index (χ4v) is 0.856. The molecule has 0 aliphatic heterocycles. The Bertz CT molecular complexity index is 309. The first-order valence-corrected chi connectivity index (χ1v) is 4.61. The van der Waals surface area contributed by atoms with E-state index in [1.165, 1.54) is 0 Å². The first-order valence-electron chi connectivity index (χ1n) is 4.61. The minimum atomic E-state index is 0.927. The van der Waals surface area contributed by atoms with Crippen molar-refractivity contribution in [3.05, 3.63) is 72.9 Å². The van der Waals surface area contributed by atoms with Crippen LogP contribution in [0.1, 0.15) is 13.8 Å². The Hall–Kier alpha value is -1.56. The molecule has 14 heavy (non-hydrogen) atoms. The first kappa shape index (κ1) is 12.4. The van der Waals surface area contributed by atoms with E-state index in [9.17, 15) is 0 Å². The van der Waals surface area contributed by atoms with Crippen LogP contribution in [-0.4, -0.2) is 0 Å². The van der Waals surface area contributed by atoms with Crippen LogP contribution in [0.5, 0.6) is 0 Å². The van der Waals surface area contributed by atoms with Crippen LogP contribution in [0.2, 0.25) is 0 Å². The molecular formula is C14H18. The van der Waals surface area contributed by atoms with E-state index in [0.29, 0.717) is 0 Å². The molecule has 0 amide bonds. The second-order valence-electron chi connectivity index (χ2n) is 2.97. The zero-order chi connectivity index (χ0) is 11.0. The Morgan fingerprint density at radius 3 is 2.14 bits per heavy atom. The summed E-state index contributed by atoms with van der Waals surface area (Å²) in [6, 6.07) is 0. The van der Waals surface area contributed by atoms with Crippen LogP contribution in [0.4, 0.5) is 0 Å². The molecule has 0 rings (SSSR count). The highest BCUT2D eigenvalue weighted by Gasteiger charge is 1.91. The lowest BCUT2D eigenvalue weighted by atomic mass is 10.1. The van der Waals surface area contributed by atoms with Gasteiger partial charge in [0.25, 0.3) is 0 Å². The SMILES string of the molecule is C=CC(=C)C(/C=C\C)=C\C=C(\C)C=C. The zero-order valence-corrected chi connectivity index (χ0v) is 9.09. The molecule has 0 aromatic carbocycles. The van der Waals surface area contributed by atoms with Crippen molar-refractivity contribution in [2.75, 3.05) is 0 Å². The maximum atomic E-state index is 3.90. The highest BCUT2D eigenvalue weighted by Crippen LogP contribution is 2.11. The number of allylic oxidation sites excluding steroid dienone is 9. The Labute approximate surface area is 87.3 Å². The van der Waals surface area contributed by atoms with Crippen LogP contribution >= 0.6 is 0 Å². The molecule has 0 N–H and O–H groups in total. The quantitative estimate of drug-likeness (QED) is 0.559. The van der Waals surface area contributed by atoms with E-state index in [0.717, 1.165) is 16.7 Å². The Balaban J connectivity index is 4.91. The molecule has 0 bridgehead atoms. The summed E-state index contributed by atoms with van der Waals surface area (Å²) < 4.78 is 0. The lowest BCUT2D eigenvalue weighted by Crippen LogP contribution is -1.79. The van der Waals surface area contributed by atoms with Crippen molar-refractivity contribution in [1.29, 1.82) is 0 Å². The highest BCUT2D eigenvalue weighted by molar-refractivity contribution is 5.46. The minimum absolute atomic E-state index is 0.927. The third kappa shape index (κ3) is 4.46. The molecule has 0 aromatic heterocycles. The second kappa shape index (κ2) is 6.90. The predicted octanol–water partition coefficient (Wildman–Crippen LogP) is 4.36. The molecule has 0 spiro atoms. The highest BCUT2D eigenvalue weighted by atomic mass is 14.0. The topological polar surface area (TPSA) is 0 Å². The molecule has 0 heteroatoms. The van der Waals surface area contributed by atoms with Gasteiger partial charge in [-0.3, -0.25) is 0 Å². The Morgan fingerprint density at radius 1 is 1.07 bits per heavy atom. The van der Waals surface area contributed by atoms with Crippen molar-refractivity contribution >= 4 is 0 Å². The third-order valence-electron chi connectivity index (χ3n) is 1.81. The van der Waals surface area contributed by atoms with Crippen molar-refractivity contribution in [3.63, 3.8) is 0 Å². The monoisotopic (exact) mass is 186 g/mol. The van der Waals surface area contributed by atoms with Crippen LogP contribution in [0.15, 0.2) is 72.9 Å². The standard InChI is InChI=1S/C14H18/c1-6-9-14(13(5)8-3)11-10-12(4)7-2/h6-11H,2-3,5H2,1,4H3/b9-6-,12-10-,14-11-. The van der Waals surface area contributed by atoms with E-state index in [1.807, 2.05) is 44.2 Å². The van der Waals surface area contributed by atoms with Crippen molar-refractivity contribution in [2.45, 2.75) is 13.8 Å². The van der Waals surface area contributed by atoms with Gasteiger partial charge in [0.15, 0.2) is 0 Å². The second-order valence-corrected chi connectivity index (χ2v) is 2.97. The maximum absolute atomic E-state index is 3.90. The summed E-state index contributed by atoms with van der Waals surface area (Å²) in [6.45, 7) is 15.3. The first-order chi connectivity index (χ1) is 6.65. The summed E-state index contributed by atoms with van der Waals surface area (Å²) >= 11 is 0. The van der Waals surface area contributed by atoms with E-state index >= 15 is 0 Å². The largest absolute Gasteiger partial charge is 0.0988 e. The summed E-state index contributed by atoms with van der Waals surface area (Å²) in [6.07, 6.45) is 11.6. The van der Waals surface area contributed by atoms with E-state index in [1.54, 1.807) is 6.08 Å². The van der Waals surface area contributed by atoms with E-state index in [2.05, 4.69) is 19.7 Å². The molecule has 0 saturated heterocycles. The van der Waals surface area contributed by atoms with Gasteiger partial charge in [-0.1, -0.05) is 61.8 Å². The van der Waals surface area contributed by atoms with Gasteiger partial charge in [-0.15, -0.1) is 0 Å². The van der Waals surface area contributed by atoms with Crippen LogP contribution in [0.25, 0.3) is 0 Å². The fraction of sp³-hybridized carbons (Fsp3) is 0.143. The Morgan fingerprint density at radius 2 is 1.71 bits per heavy atom.